The van der Waals surface area contributed by atoms with E-state index < -0.39 is 0 Å². The van der Waals surface area contributed by atoms with E-state index in [9.17, 15) is 0 Å². The van der Waals surface area contributed by atoms with Crippen LogP contribution in [0.3, 0.4) is 0 Å². The number of likely N-dealkylation sites (N-methyl/N-ethyl adjacent to an activating group) is 1. The molecular weight excluding hydrogens is 280 g/mol. The van der Waals surface area contributed by atoms with Crippen LogP contribution < -0.4 is 10.6 Å². The molecule has 0 aliphatic carbocycles. The minimum absolute atomic E-state index is 0.775. The van der Waals surface area contributed by atoms with E-state index in [2.05, 4.69) is 34.5 Å². The summed E-state index contributed by atoms with van der Waals surface area (Å²) in [5.74, 6) is 1.86. The van der Waals surface area contributed by atoms with Crippen LogP contribution in [0.5, 0.6) is 0 Å². The first-order chi connectivity index (χ1) is 10.8. The van der Waals surface area contributed by atoms with E-state index >= 15 is 0 Å². The van der Waals surface area contributed by atoms with Gasteiger partial charge in [-0.05, 0) is 39.1 Å². The molecule has 0 amide bonds. The lowest BCUT2D eigenvalue weighted by Gasteiger charge is -2.15. The van der Waals surface area contributed by atoms with E-state index in [4.69, 9.17) is 9.15 Å². The van der Waals surface area contributed by atoms with Crippen molar-refractivity contribution in [3.63, 3.8) is 0 Å². The Hall–Kier alpha value is -1.53. The van der Waals surface area contributed by atoms with Gasteiger partial charge in [0.25, 0.3) is 0 Å². The highest BCUT2D eigenvalue weighted by Gasteiger charge is 2.00. The van der Waals surface area contributed by atoms with Crippen LogP contribution in [0.4, 0.5) is 0 Å². The zero-order valence-electron chi connectivity index (χ0n) is 14.1. The second kappa shape index (κ2) is 12.1. The van der Waals surface area contributed by atoms with Gasteiger partial charge in [0.1, 0.15) is 5.76 Å². The Balaban J connectivity index is 2.20. The summed E-state index contributed by atoms with van der Waals surface area (Å²) in [6.45, 7) is 7.32. The SMILES string of the molecule is CCNC(=NCCCN(C)CCOC)NCCc1ccco1. The van der Waals surface area contributed by atoms with E-state index in [1.54, 1.807) is 13.4 Å². The maximum Gasteiger partial charge on any atom is 0.191 e. The quantitative estimate of drug-likeness (QED) is 0.367. The highest BCUT2D eigenvalue weighted by atomic mass is 16.5. The minimum atomic E-state index is 0.775. The second-order valence-electron chi connectivity index (χ2n) is 5.17. The van der Waals surface area contributed by atoms with Crippen LogP contribution in [-0.4, -0.2) is 64.3 Å². The van der Waals surface area contributed by atoms with Crippen molar-refractivity contribution in [2.75, 3.05) is 53.5 Å². The smallest absolute Gasteiger partial charge is 0.191 e. The molecule has 0 saturated carbocycles. The fourth-order valence-electron chi connectivity index (χ4n) is 1.99. The van der Waals surface area contributed by atoms with E-state index in [1.807, 2.05) is 12.1 Å². The predicted molar refractivity (Wildman–Crippen MR) is 90.4 cm³/mol. The number of hydrogen-bond acceptors (Lipinski definition) is 4. The highest BCUT2D eigenvalue weighted by Crippen LogP contribution is 1.99. The lowest BCUT2D eigenvalue weighted by Crippen LogP contribution is -2.38. The van der Waals surface area contributed by atoms with Crippen molar-refractivity contribution in [3.05, 3.63) is 24.2 Å². The molecule has 6 heteroatoms. The van der Waals surface area contributed by atoms with Crippen molar-refractivity contribution in [1.82, 2.24) is 15.5 Å². The Morgan fingerprint density at radius 3 is 2.91 bits per heavy atom. The Kier molecular flexibility index (Phi) is 10.1. The Morgan fingerprint density at radius 2 is 2.23 bits per heavy atom. The summed E-state index contributed by atoms with van der Waals surface area (Å²) >= 11 is 0. The monoisotopic (exact) mass is 310 g/mol. The van der Waals surface area contributed by atoms with Crippen molar-refractivity contribution in [2.45, 2.75) is 19.8 Å². The van der Waals surface area contributed by atoms with Gasteiger partial charge in [0.15, 0.2) is 5.96 Å². The first-order valence-electron chi connectivity index (χ1n) is 7.98. The molecule has 0 aliphatic heterocycles. The van der Waals surface area contributed by atoms with Crippen LogP contribution in [0, 0.1) is 0 Å². The topological polar surface area (TPSA) is 62.0 Å². The Morgan fingerprint density at radius 1 is 1.36 bits per heavy atom. The highest BCUT2D eigenvalue weighted by molar-refractivity contribution is 5.79. The molecule has 126 valence electrons. The van der Waals surface area contributed by atoms with Gasteiger partial charge in [-0.3, -0.25) is 4.99 Å². The number of nitrogens with zero attached hydrogens (tertiary/aromatic N) is 2. The third kappa shape index (κ3) is 8.69. The molecule has 1 aromatic heterocycles. The molecule has 2 N–H and O–H groups in total. The summed E-state index contributed by atoms with van der Waals surface area (Å²) in [7, 11) is 3.84. The van der Waals surface area contributed by atoms with E-state index in [0.717, 1.165) is 63.9 Å². The van der Waals surface area contributed by atoms with Crippen LogP contribution in [0.15, 0.2) is 27.8 Å². The van der Waals surface area contributed by atoms with Gasteiger partial charge in [0.2, 0.25) is 0 Å². The average molecular weight is 310 g/mol. The summed E-state index contributed by atoms with van der Waals surface area (Å²) in [6.07, 6.45) is 3.60. The molecule has 1 rings (SSSR count). The number of aliphatic imine (C=N–C) groups is 1. The number of furan rings is 1. The fourth-order valence-corrected chi connectivity index (χ4v) is 1.99. The largest absolute Gasteiger partial charge is 0.469 e. The average Bonchev–Trinajstić information content (AvgIpc) is 3.02. The summed E-state index contributed by atoms with van der Waals surface area (Å²) < 4.78 is 10.4. The summed E-state index contributed by atoms with van der Waals surface area (Å²) in [6, 6.07) is 3.90. The van der Waals surface area contributed by atoms with Gasteiger partial charge in [0.05, 0.1) is 12.9 Å². The molecule has 0 fully saturated rings. The number of guanidine groups is 1. The van der Waals surface area contributed by atoms with Gasteiger partial charge < -0.3 is 24.7 Å². The summed E-state index contributed by atoms with van der Waals surface area (Å²) in [5.41, 5.74) is 0. The van der Waals surface area contributed by atoms with Crippen LogP contribution in [-0.2, 0) is 11.2 Å². The van der Waals surface area contributed by atoms with Gasteiger partial charge in [-0.2, -0.15) is 0 Å². The van der Waals surface area contributed by atoms with Gasteiger partial charge in [-0.15, -0.1) is 0 Å². The summed E-state index contributed by atoms with van der Waals surface area (Å²) in [4.78, 5) is 6.85. The molecule has 0 aliphatic rings. The second-order valence-corrected chi connectivity index (χ2v) is 5.17. The van der Waals surface area contributed by atoms with Crippen molar-refractivity contribution in [2.24, 2.45) is 4.99 Å². The number of nitrogens with one attached hydrogen (secondary N) is 2. The molecule has 6 nitrogen and oxygen atoms in total. The lowest BCUT2D eigenvalue weighted by molar-refractivity contribution is 0.161. The number of ether oxygens (including phenoxy) is 1. The maximum absolute atomic E-state index is 5.32. The van der Waals surface area contributed by atoms with Gasteiger partial charge >= 0.3 is 0 Å². The van der Waals surface area contributed by atoms with Crippen LogP contribution in [0.25, 0.3) is 0 Å². The normalized spacial score (nSPS) is 11.9. The maximum atomic E-state index is 5.32. The third-order valence-electron chi connectivity index (χ3n) is 3.23. The van der Waals surface area contributed by atoms with Crippen molar-refractivity contribution in [3.8, 4) is 0 Å². The first kappa shape index (κ1) is 18.5. The first-order valence-corrected chi connectivity index (χ1v) is 7.98. The van der Waals surface area contributed by atoms with Gasteiger partial charge in [-0.1, -0.05) is 0 Å². The standard InChI is InChI=1S/C16H30N4O2/c1-4-17-16(19-10-8-15-7-5-13-22-15)18-9-6-11-20(2)12-14-21-3/h5,7,13H,4,6,8-12,14H2,1-3H3,(H2,17,18,19). The lowest BCUT2D eigenvalue weighted by atomic mass is 10.3. The molecule has 0 bridgehead atoms. The van der Waals surface area contributed by atoms with E-state index in [-0.39, 0.29) is 0 Å². The Labute approximate surface area is 133 Å². The third-order valence-corrected chi connectivity index (χ3v) is 3.23. The molecule has 1 aromatic rings. The van der Waals surface area contributed by atoms with E-state index in [0.29, 0.717) is 0 Å². The van der Waals surface area contributed by atoms with Crippen LogP contribution >= 0.6 is 0 Å². The zero-order valence-corrected chi connectivity index (χ0v) is 14.1. The van der Waals surface area contributed by atoms with Crippen molar-refractivity contribution < 1.29 is 9.15 Å². The van der Waals surface area contributed by atoms with Crippen LogP contribution in [0.1, 0.15) is 19.1 Å². The number of methoxy groups -OCH3 is 1. The van der Waals surface area contributed by atoms with Gasteiger partial charge in [-0.25, -0.2) is 0 Å². The number of rotatable bonds is 11. The minimum Gasteiger partial charge on any atom is -0.469 e. The zero-order chi connectivity index (χ0) is 16.0. The molecule has 22 heavy (non-hydrogen) atoms. The molecule has 0 radical (unpaired) electrons. The van der Waals surface area contributed by atoms with Crippen molar-refractivity contribution >= 4 is 5.96 Å². The van der Waals surface area contributed by atoms with E-state index in [1.165, 1.54) is 0 Å². The molecule has 0 saturated heterocycles. The fraction of sp³-hybridized carbons (Fsp3) is 0.688. The number of hydrogen-bond donors (Lipinski definition) is 2. The van der Waals surface area contributed by atoms with Gasteiger partial charge in [0, 0.05) is 39.7 Å². The predicted octanol–water partition coefficient (Wildman–Crippen LogP) is 1.35. The molecular formula is C16H30N4O2. The Bertz CT molecular complexity index is 393. The molecule has 0 spiro atoms. The van der Waals surface area contributed by atoms with Crippen LogP contribution in [0.2, 0.25) is 0 Å². The molecule has 0 aromatic carbocycles. The van der Waals surface area contributed by atoms with Crippen molar-refractivity contribution in [1.29, 1.82) is 0 Å². The summed E-state index contributed by atoms with van der Waals surface area (Å²) in [5, 5.41) is 6.59. The molecule has 1 heterocycles. The molecule has 0 atom stereocenters. The molecule has 0 unspecified atom stereocenters.